The van der Waals surface area contributed by atoms with Gasteiger partial charge in [0.2, 0.25) is 0 Å². The second-order valence-corrected chi connectivity index (χ2v) is 5.74. The highest BCUT2D eigenvalue weighted by Crippen LogP contribution is 2.55. The van der Waals surface area contributed by atoms with Crippen LogP contribution in [0.25, 0.3) is 0 Å². The quantitative estimate of drug-likeness (QED) is 0.733. The van der Waals surface area contributed by atoms with E-state index in [9.17, 15) is 9.90 Å². The minimum absolute atomic E-state index is 0.0198. The third-order valence-corrected chi connectivity index (χ3v) is 3.99. The van der Waals surface area contributed by atoms with Gasteiger partial charge in [0.15, 0.2) is 5.79 Å². The molecule has 1 unspecified atom stereocenters. The summed E-state index contributed by atoms with van der Waals surface area (Å²) in [6, 6.07) is 0. The summed E-state index contributed by atoms with van der Waals surface area (Å²) in [6.45, 7) is 5.66. The molecule has 1 saturated carbocycles. The minimum atomic E-state index is -0.706. The smallest absolute Gasteiger partial charge is 0.312 e. The molecular formula is C13H20O6. The molecule has 6 heteroatoms. The monoisotopic (exact) mass is 272 g/mol. The molecule has 3 fully saturated rings. The molecule has 1 N–H and O–H groups in total. The lowest BCUT2D eigenvalue weighted by Gasteiger charge is -2.29. The fourth-order valence-electron chi connectivity index (χ4n) is 3.23. The topological polar surface area (TPSA) is 74.2 Å². The molecular weight excluding hydrogens is 252 g/mol. The zero-order valence-electron chi connectivity index (χ0n) is 11.4. The van der Waals surface area contributed by atoms with Crippen molar-refractivity contribution in [3.8, 4) is 0 Å². The van der Waals surface area contributed by atoms with Crippen molar-refractivity contribution in [1.82, 2.24) is 0 Å². The first-order valence-electron chi connectivity index (χ1n) is 6.77. The van der Waals surface area contributed by atoms with Crippen molar-refractivity contribution in [2.45, 2.75) is 51.0 Å². The first-order chi connectivity index (χ1) is 8.98. The molecule has 19 heavy (non-hydrogen) atoms. The Hall–Kier alpha value is -0.690. The van der Waals surface area contributed by atoms with Crippen molar-refractivity contribution in [3.05, 3.63) is 0 Å². The van der Waals surface area contributed by atoms with Gasteiger partial charge in [-0.05, 0) is 20.8 Å². The first kappa shape index (κ1) is 13.3. The van der Waals surface area contributed by atoms with E-state index in [0.29, 0.717) is 6.61 Å². The Kier molecular flexibility index (Phi) is 3.09. The number of hydrogen-bond donors (Lipinski definition) is 1. The molecule has 0 amide bonds. The molecule has 0 aromatic heterocycles. The van der Waals surface area contributed by atoms with Gasteiger partial charge in [0, 0.05) is 5.92 Å². The number of aliphatic hydroxyl groups excluding tert-OH is 1. The van der Waals surface area contributed by atoms with E-state index in [-0.39, 0.29) is 42.7 Å². The van der Waals surface area contributed by atoms with E-state index >= 15 is 0 Å². The molecule has 0 radical (unpaired) electrons. The highest BCUT2D eigenvalue weighted by Gasteiger charge is 2.70. The third-order valence-electron chi connectivity index (χ3n) is 3.99. The van der Waals surface area contributed by atoms with Gasteiger partial charge in [-0.2, -0.15) is 0 Å². The van der Waals surface area contributed by atoms with Crippen molar-refractivity contribution < 1.29 is 28.8 Å². The summed E-state index contributed by atoms with van der Waals surface area (Å²) in [6.07, 6.45) is -1.18. The Balaban J connectivity index is 1.77. The summed E-state index contributed by atoms with van der Waals surface area (Å²) >= 11 is 0. The largest absolute Gasteiger partial charge is 0.466 e. The van der Waals surface area contributed by atoms with Crippen LogP contribution in [-0.4, -0.2) is 54.5 Å². The number of hydrogen-bond acceptors (Lipinski definition) is 6. The molecule has 6 atom stereocenters. The van der Waals surface area contributed by atoms with Crippen molar-refractivity contribution in [3.63, 3.8) is 0 Å². The number of fused-ring (bicyclic) bond motifs is 3. The SMILES string of the molecule is CCOC(=O)C1[C@@H]2[C@H]3OC(C)(C)O[C@H]3[C@@H](CO)O[C@H]12. The molecule has 2 heterocycles. The molecule has 0 spiro atoms. The molecule has 0 bridgehead atoms. The highest BCUT2D eigenvalue weighted by molar-refractivity contribution is 5.77. The van der Waals surface area contributed by atoms with Crippen LogP contribution in [0, 0.1) is 11.8 Å². The maximum absolute atomic E-state index is 11.9. The van der Waals surface area contributed by atoms with Crippen LogP contribution in [0.5, 0.6) is 0 Å². The van der Waals surface area contributed by atoms with Crippen LogP contribution in [0.1, 0.15) is 20.8 Å². The van der Waals surface area contributed by atoms with Gasteiger partial charge >= 0.3 is 5.97 Å². The third kappa shape index (κ3) is 2.07. The normalized spacial score (nSPS) is 46.3. The van der Waals surface area contributed by atoms with E-state index in [1.807, 2.05) is 13.8 Å². The molecule has 0 aromatic rings. The first-order valence-corrected chi connectivity index (χ1v) is 6.77. The van der Waals surface area contributed by atoms with Crippen molar-refractivity contribution in [2.75, 3.05) is 13.2 Å². The zero-order chi connectivity index (χ0) is 13.8. The molecule has 0 aromatic carbocycles. The van der Waals surface area contributed by atoms with Gasteiger partial charge in [0.05, 0.1) is 31.3 Å². The number of carbonyl (C=O) groups is 1. The maximum Gasteiger partial charge on any atom is 0.312 e. The van der Waals surface area contributed by atoms with Gasteiger partial charge in [-0.25, -0.2) is 0 Å². The van der Waals surface area contributed by atoms with Gasteiger partial charge in [-0.15, -0.1) is 0 Å². The van der Waals surface area contributed by atoms with Crippen molar-refractivity contribution in [1.29, 1.82) is 0 Å². The lowest BCUT2D eigenvalue weighted by Crippen LogP contribution is -2.45. The van der Waals surface area contributed by atoms with Gasteiger partial charge in [0.1, 0.15) is 12.2 Å². The van der Waals surface area contributed by atoms with E-state index < -0.39 is 11.9 Å². The summed E-state index contributed by atoms with van der Waals surface area (Å²) in [5.41, 5.74) is 0. The van der Waals surface area contributed by atoms with Crippen LogP contribution in [-0.2, 0) is 23.7 Å². The van der Waals surface area contributed by atoms with Gasteiger partial charge in [-0.3, -0.25) is 4.79 Å². The van der Waals surface area contributed by atoms with Crippen LogP contribution in [0.3, 0.4) is 0 Å². The number of ether oxygens (including phenoxy) is 4. The summed E-state index contributed by atoms with van der Waals surface area (Å²) < 4.78 is 22.4. The van der Waals surface area contributed by atoms with Gasteiger partial charge in [-0.1, -0.05) is 0 Å². The predicted molar refractivity (Wildman–Crippen MR) is 63.2 cm³/mol. The Morgan fingerprint density at radius 2 is 1.95 bits per heavy atom. The van der Waals surface area contributed by atoms with Crippen molar-refractivity contribution >= 4 is 5.97 Å². The average molecular weight is 272 g/mol. The maximum atomic E-state index is 11.9. The Labute approximate surface area is 112 Å². The molecule has 3 aliphatic rings. The van der Waals surface area contributed by atoms with Gasteiger partial charge < -0.3 is 24.1 Å². The Morgan fingerprint density at radius 3 is 2.58 bits per heavy atom. The van der Waals surface area contributed by atoms with Gasteiger partial charge in [0.25, 0.3) is 0 Å². The summed E-state index contributed by atoms with van der Waals surface area (Å²) in [7, 11) is 0. The molecule has 108 valence electrons. The van der Waals surface area contributed by atoms with Crippen molar-refractivity contribution in [2.24, 2.45) is 11.8 Å². The summed E-state index contributed by atoms with van der Waals surface area (Å²) in [5.74, 6) is -1.26. The Morgan fingerprint density at radius 1 is 1.26 bits per heavy atom. The van der Waals surface area contributed by atoms with E-state index in [1.165, 1.54) is 0 Å². The van der Waals surface area contributed by atoms with E-state index in [2.05, 4.69) is 0 Å². The molecule has 2 aliphatic heterocycles. The second kappa shape index (κ2) is 4.41. The van der Waals surface area contributed by atoms with E-state index in [4.69, 9.17) is 18.9 Å². The van der Waals surface area contributed by atoms with Crippen LogP contribution in [0.2, 0.25) is 0 Å². The van der Waals surface area contributed by atoms with E-state index in [0.717, 1.165) is 0 Å². The predicted octanol–water partition coefficient (Wildman–Crippen LogP) is 0.0753. The van der Waals surface area contributed by atoms with Crippen LogP contribution in [0.15, 0.2) is 0 Å². The number of rotatable bonds is 3. The average Bonchev–Trinajstić information content (AvgIpc) is 2.97. The molecule has 3 rings (SSSR count). The fourth-order valence-corrected chi connectivity index (χ4v) is 3.23. The van der Waals surface area contributed by atoms with E-state index in [1.54, 1.807) is 6.92 Å². The Bertz CT molecular complexity index is 381. The highest BCUT2D eigenvalue weighted by atomic mass is 16.8. The second-order valence-electron chi connectivity index (χ2n) is 5.74. The number of aliphatic hydroxyl groups is 1. The zero-order valence-corrected chi connectivity index (χ0v) is 11.4. The lowest BCUT2D eigenvalue weighted by molar-refractivity contribution is -0.164. The van der Waals surface area contributed by atoms with Crippen LogP contribution < -0.4 is 0 Å². The molecule has 2 saturated heterocycles. The van der Waals surface area contributed by atoms with Crippen LogP contribution >= 0.6 is 0 Å². The minimum Gasteiger partial charge on any atom is -0.466 e. The number of carbonyl (C=O) groups excluding carboxylic acids is 1. The standard InChI is InChI=1S/C13H20O6/c1-4-16-12(15)8-7-10(8)17-6(5-14)9-11(7)19-13(2,3)18-9/h6-11,14H,4-5H2,1-3H3/t6-,7+,8?,9+,10+,11-/m1/s1. The lowest BCUT2D eigenvalue weighted by atomic mass is 10.0. The molecule has 6 nitrogen and oxygen atoms in total. The van der Waals surface area contributed by atoms with Crippen LogP contribution in [0.4, 0.5) is 0 Å². The summed E-state index contributed by atoms with van der Waals surface area (Å²) in [5, 5.41) is 9.40. The summed E-state index contributed by atoms with van der Waals surface area (Å²) in [4.78, 5) is 11.9. The fraction of sp³-hybridized carbons (Fsp3) is 0.923. The molecule has 1 aliphatic carbocycles. The number of esters is 1.